The molecule has 184 valence electrons. The van der Waals surface area contributed by atoms with Gasteiger partial charge in [0.2, 0.25) is 5.91 Å². The number of rotatable bonds is 5. The second-order valence-electron chi connectivity index (χ2n) is 9.33. The van der Waals surface area contributed by atoms with E-state index in [2.05, 4.69) is 10.6 Å². The van der Waals surface area contributed by atoms with Crippen LogP contribution in [-0.4, -0.2) is 84.5 Å². The fourth-order valence-electron chi connectivity index (χ4n) is 4.87. The quantitative estimate of drug-likeness (QED) is 0.635. The average molecular weight is 472 g/mol. The van der Waals surface area contributed by atoms with E-state index in [4.69, 9.17) is 4.74 Å². The Hall–Kier alpha value is -3.30. The third kappa shape index (κ3) is 4.80. The standard InChI is InChI=1S/C24H33N5O5/c1-24(17-8-10-19(34-2)11-9-17)21(31)29(23(33)26-24)16-20(30)27-12-14-28(15-13-27)22(32)25-18-6-4-3-5-7-18/h8-11,18H,3-7,12-16H2,1-2H3,(H,25,32)(H,26,33). The fourth-order valence-corrected chi connectivity index (χ4v) is 4.87. The molecule has 2 heterocycles. The summed E-state index contributed by atoms with van der Waals surface area (Å²) in [4.78, 5) is 55.4. The van der Waals surface area contributed by atoms with E-state index in [-0.39, 0.29) is 24.5 Å². The first-order chi connectivity index (χ1) is 16.3. The van der Waals surface area contributed by atoms with Gasteiger partial charge in [0, 0.05) is 32.2 Å². The van der Waals surface area contributed by atoms with Gasteiger partial charge in [0.15, 0.2) is 0 Å². The highest BCUT2D eigenvalue weighted by atomic mass is 16.5. The summed E-state index contributed by atoms with van der Waals surface area (Å²) < 4.78 is 5.15. The largest absolute Gasteiger partial charge is 0.497 e. The molecule has 4 rings (SSSR count). The number of amides is 6. The Morgan fingerprint density at radius 1 is 1.03 bits per heavy atom. The molecule has 0 bridgehead atoms. The zero-order valence-electron chi connectivity index (χ0n) is 19.8. The Kier molecular flexibility index (Phi) is 6.95. The molecule has 1 saturated carbocycles. The zero-order valence-corrected chi connectivity index (χ0v) is 19.8. The van der Waals surface area contributed by atoms with E-state index < -0.39 is 17.5 Å². The van der Waals surface area contributed by atoms with Gasteiger partial charge >= 0.3 is 12.1 Å². The van der Waals surface area contributed by atoms with Crippen molar-refractivity contribution < 1.29 is 23.9 Å². The predicted octanol–water partition coefficient (Wildman–Crippen LogP) is 1.65. The highest BCUT2D eigenvalue weighted by molar-refractivity contribution is 6.09. The maximum Gasteiger partial charge on any atom is 0.325 e. The summed E-state index contributed by atoms with van der Waals surface area (Å²) in [6.45, 7) is 2.89. The molecule has 10 nitrogen and oxygen atoms in total. The van der Waals surface area contributed by atoms with Crippen molar-refractivity contribution in [3.63, 3.8) is 0 Å². The predicted molar refractivity (Wildman–Crippen MR) is 124 cm³/mol. The van der Waals surface area contributed by atoms with Crippen LogP contribution in [-0.2, 0) is 15.1 Å². The van der Waals surface area contributed by atoms with Crippen molar-refractivity contribution in [1.29, 1.82) is 0 Å². The van der Waals surface area contributed by atoms with Gasteiger partial charge < -0.3 is 25.2 Å². The van der Waals surface area contributed by atoms with Crippen LogP contribution in [0.2, 0.25) is 0 Å². The molecule has 2 N–H and O–H groups in total. The van der Waals surface area contributed by atoms with Crippen molar-refractivity contribution in [3.05, 3.63) is 29.8 Å². The molecule has 1 unspecified atom stereocenters. The second kappa shape index (κ2) is 9.90. The molecule has 6 amide bonds. The normalized spacial score (nSPS) is 23.6. The first-order valence-corrected chi connectivity index (χ1v) is 11.9. The van der Waals surface area contributed by atoms with Crippen LogP contribution in [0.15, 0.2) is 24.3 Å². The van der Waals surface area contributed by atoms with E-state index in [0.29, 0.717) is 37.5 Å². The van der Waals surface area contributed by atoms with Gasteiger partial charge in [-0.15, -0.1) is 0 Å². The van der Waals surface area contributed by atoms with E-state index in [1.807, 2.05) is 0 Å². The van der Waals surface area contributed by atoms with Crippen LogP contribution >= 0.6 is 0 Å². The molecule has 1 atom stereocenters. The van der Waals surface area contributed by atoms with E-state index in [0.717, 1.165) is 30.6 Å². The summed E-state index contributed by atoms with van der Waals surface area (Å²) in [5.41, 5.74) is -0.640. The maximum absolute atomic E-state index is 13.1. The highest BCUT2D eigenvalue weighted by Crippen LogP contribution is 2.30. The fraction of sp³-hybridized carbons (Fsp3) is 0.583. The van der Waals surface area contributed by atoms with Crippen LogP contribution in [0.4, 0.5) is 9.59 Å². The van der Waals surface area contributed by atoms with Gasteiger partial charge in [0.1, 0.15) is 17.8 Å². The Labute approximate surface area is 199 Å². The third-order valence-corrected chi connectivity index (χ3v) is 7.09. The third-order valence-electron chi connectivity index (χ3n) is 7.09. The molecule has 34 heavy (non-hydrogen) atoms. The molecule has 1 aliphatic carbocycles. The van der Waals surface area contributed by atoms with Crippen LogP contribution in [0.3, 0.4) is 0 Å². The number of nitrogens with zero attached hydrogens (tertiary/aromatic N) is 3. The lowest BCUT2D eigenvalue weighted by Crippen LogP contribution is -2.56. The molecule has 2 saturated heterocycles. The number of carbonyl (C=O) groups excluding carboxylic acids is 4. The van der Waals surface area contributed by atoms with Crippen molar-refractivity contribution in [2.75, 3.05) is 39.8 Å². The Bertz CT molecular complexity index is 938. The number of carbonyl (C=O) groups is 4. The lowest BCUT2D eigenvalue weighted by Gasteiger charge is -2.36. The van der Waals surface area contributed by atoms with Gasteiger partial charge in [-0.2, -0.15) is 0 Å². The van der Waals surface area contributed by atoms with Gasteiger partial charge in [-0.25, -0.2) is 9.59 Å². The number of benzene rings is 1. The Morgan fingerprint density at radius 3 is 2.26 bits per heavy atom. The number of nitrogens with one attached hydrogen (secondary N) is 2. The molecule has 2 aliphatic heterocycles. The number of ether oxygens (including phenoxy) is 1. The summed E-state index contributed by atoms with van der Waals surface area (Å²) in [7, 11) is 1.55. The molecular weight excluding hydrogens is 438 g/mol. The van der Waals surface area contributed by atoms with Crippen molar-refractivity contribution in [2.24, 2.45) is 0 Å². The van der Waals surface area contributed by atoms with Crippen molar-refractivity contribution in [1.82, 2.24) is 25.3 Å². The summed E-state index contributed by atoms with van der Waals surface area (Å²) in [5.74, 6) is -0.140. The summed E-state index contributed by atoms with van der Waals surface area (Å²) >= 11 is 0. The topological polar surface area (TPSA) is 111 Å². The van der Waals surface area contributed by atoms with Crippen molar-refractivity contribution >= 4 is 23.9 Å². The van der Waals surface area contributed by atoms with Crippen LogP contribution in [0.25, 0.3) is 0 Å². The van der Waals surface area contributed by atoms with E-state index >= 15 is 0 Å². The molecule has 10 heteroatoms. The molecule has 0 radical (unpaired) electrons. The smallest absolute Gasteiger partial charge is 0.325 e. The lowest BCUT2D eigenvalue weighted by atomic mass is 9.92. The van der Waals surface area contributed by atoms with Gasteiger partial charge in [0.25, 0.3) is 5.91 Å². The molecule has 0 aromatic heterocycles. The molecule has 1 aromatic rings. The minimum atomic E-state index is -1.25. The molecule has 3 aliphatic rings. The first-order valence-electron chi connectivity index (χ1n) is 11.9. The van der Waals surface area contributed by atoms with E-state index in [9.17, 15) is 19.2 Å². The maximum atomic E-state index is 13.1. The van der Waals surface area contributed by atoms with Crippen LogP contribution in [0, 0.1) is 0 Å². The number of piperazine rings is 1. The number of hydrogen-bond acceptors (Lipinski definition) is 5. The van der Waals surface area contributed by atoms with E-state index in [1.165, 1.54) is 6.42 Å². The van der Waals surface area contributed by atoms with Gasteiger partial charge in [-0.05, 0) is 37.5 Å². The first kappa shape index (κ1) is 23.8. The number of methoxy groups -OCH3 is 1. The Morgan fingerprint density at radius 2 is 1.65 bits per heavy atom. The summed E-state index contributed by atoms with van der Waals surface area (Å²) in [5, 5.41) is 5.82. The average Bonchev–Trinajstić information content (AvgIpc) is 3.08. The second-order valence-corrected chi connectivity index (χ2v) is 9.33. The zero-order chi connectivity index (χ0) is 24.3. The lowest BCUT2D eigenvalue weighted by molar-refractivity contribution is -0.139. The number of hydrogen-bond donors (Lipinski definition) is 2. The molecule has 3 fully saturated rings. The van der Waals surface area contributed by atoms with Gasteiger partial charge in [-0.1, -0.05) is 31.4 Å². The van der Waals surface area contributed by atoms with Crippen LogP contribution in [0.5, 0.6) is 5.75 Å². The van der Waals surface area contributed by atoms with Gasteiger partial charge in [-0.3, -0.25) is 14.5 Å². The monoisotopic (exact) mass is 471 g/mol. The minimum Gasteiger partial charge on any atom is -0.497 e. The molecular formula is C24H33N5O5. The SMILES string of the molecule is COc1ccc(C2(C)NC(=O)N(CC(=O)N3CCN(C(=O)NC4CCCCC4)CC3)C2=O)cc1. The van der Waals surface area contributed by atoms with Crippen LogP contribution in [0.1, 0.15) is 44.6 Å². The summed E-state index contributed by atoms with van der Waals surface area (Å²) in [6.07, 6.45) is 5.56. The van der Waals surface area contributed by atoms with Gasteiger partial charge in [0.05, 0.1) is 7.11 Å². The minimum absolute atomic E-state index is 0.0802. The van der Waals surface area contributed by atoms with Crippen LogP contribution < -0.4 is 15.4 Å². The van der Waals surface area contributed by atoms with E-state index in [1.54, 1.807) is 48.1 Å². The van der Waals surface area contributed by atoms with Crippen molar-refractivity contribution in [2.45, 2.75) is 50.6 Å². The Balaban J connectivity index is 1.31. The van der Waals surface area contributed by atoms with Crippen molar-refractivity contribution in [3.8, 4) is 5.75 Å². The summed E-state index contributed by atoms with van der Waals surface area (Å²) in [6, 6.07) is 6.45. The highest BCUT2D eigenvalue weighted by Gasteiger charge is 2.49. The number of imide groups is 1. The molecule has 1 aromatic carbocycles. The molecule has 0 spiro atoms. The number of urea groups is 2.